The van der Waals surface area contributed by atoms with Crippen molar-refractivity contribution in [2.75, 3.05) is 6.54 Å². The van der Waals surface area contributed by atoms with Crippen LogP contribution >= 0.6 is 0 Å². The summed E-state index contributed by atoms with van der Waals surface area (Å²) in [7, 11) is 0. The molecular weight excluding hydrogens is 412 g/mol. The molecule has 2 amide bonds. The Kier molecular flexibility index (Phi) is 4.50. The summed E-state index contributed by atoms with van der Waals surface area (Å²) in [5, 5.41) is 1.64. The van der Waals surface area contributed by atoms with Gasteiger partial charge >= 0.3 is 0 Å². The van der Waals surface area contributed by atoms with E-state index in [0.717, 1.165) is 70.0 Å². The molecule has 0 spiro atoms. The third kappa shape index (κ3) is 2.83. The van der Waals surface area contributed by atoms with E-state index >= 15 is 0 Å². The first-order valence-corrected chi connectivity index (χ1v) is 11.7. The SMILES string of the molecule is CCCCC(CC)CN1C(=O)c2ccc3c4c(ccc(c24)C1=O)-c1nc2cnccc2nc1-3. The lowest BCUT2D eigenvalue weighted by atomic mass is 9.89. The van der Waals surface area contributed by atoms with Crippen LogP contribution < -0.4 is 0 Å². The van der Waals surface area contributed by atoms with Crippen LogP contribution in [0.5, 0.6) is 0 Å². The summed E-state index contributed by atoms with van der Waals surface area (Å²) in [6.45, 7) is 4.77. The number of hydrogen-bond donors (Lipinski definition) is 0. The minimum absolute atomic E-state index is 0.197. The van der Waals surface area contributed by atoms with E-state index < -0.39 is 0 Å². The van der Waals surface area contributed by atoms with Crippen molar-refractivity contribution in [2.45, 2.75) is 39.5 Å². The van der Waals surface area contributed by atoms with Gasteiger partial charge in [-0.3, -0.25) is 19.5 Å². The van der Waals surface area contributed by atoms with Gasteiger partial charge in [-0.1, -0.05) is 45.2 Å². The molecule has 6 heteroatoms. The first-order valence-electron chi connectivity index (χ1n) is 11.7. The largest absolute Gasteiger partial charge is 0.274 e. The average Bonchev–Trinajstić information content (AvgIpc) is 3.16. The maximum absolute atomic E-state index is 13.5. The average molecular weight is 437 g/mol. The molecule has 3 heterocycles. The van der Waals surface area contributed by atoms with Crippen molar-refractivity contribution in [3.63, 3.8) is 0 Å². The van der Waals surface area contributed by atoms with Crippen molar-refractivity contribution < 1.29 is 9.59 Å². The fourth-order valence-electron chi connectivity index (χ4n) is 5.25. The van der Waals surface area contributed by atoms with E-state index in [0.29, 0.717) is 23.6 Å². The molecule has 6 rings (SSSR count). The molecule has 0 fully saturated rings. The Morgan fingerprint density at radius 2 is 1.42 bits per heavy atom. The van der Waals surface area contributed by atoms with Gasteiger partial charge in [0.15, 0.2) is 0 Å². The van der Waals surface area contributed by atoms with Gasteiger partial charge in [0.2, 0.25) is 0 Å². The van der Waals surface area contributed by atoms with E-state index in [2.05, 4.69) is 18.8 Å². The number of aromatic nitrogens is 3. The highest BCUT2D eigenvalue weighted by molar-refractivity contribution is 6.30. The molecule has 0 bridgehead atoms. The maximum atomic E-state index is 13.5. The summed E-state index contributed by atoms with van der Waals surface area (Å²) in [6, 6.07) is 9.46. The Hall–Kier alpha value is -3.67. The van der Waals surface area contributed by atoms with Crippen molar-refractivity contribution in [3.05, 3.63) is 53.9 Å². The van der Waals surface area contributed by atoms with Crippen molar-refractivity contribution in [2.24, 2.45) is 5.92 Å². The molecule has 1 unspecified atom stereocenters. The van der Waals surface area contributed by atoms with Crippen LogP contribution in [0.25, 0.3) is 44.3 Å². The van der Waals surface area contributed by atoms with Gasteiger partial charge in [-0.05, 0) is 30.5 Å². The minimum atomic E-state index is -0.197. The summed E-state index contributed by atoms with van der Waals surface area (Å²) < 4.78 is 0. The highest BCUT2D eigenvalue weighted by Crippen LogP contribution is 2.48. The third-order valence-corrected chi connectivity index (χ3v) is 7.07. The number of amides is 2. The highest BCUT2D eigenvalue weighted by atomic mass is 16.2. The molecular formula is C27H24N4O2. The number of carbonyl (C=O) groups is 2. The lowest BCUT2D eigenvalue weighted by Gasteiger charge is -2.30. The molecule has 0 saturated carbocycles. The lowest BCUT2D eigenvalue weighted by Crippen LogP contribution is -2.43. The number of imide groups is 1. The Bertz CT molecular complexity index is 1380. The van der Waals surface area contributed by atoms with Crippen LogP contribution in [0.2, 0.25) is 0 Å². The second-order valence-corrected chi connectivity index (χ2v) is 8.99. The molecule has 164 valence electrons. The summed E-state index contributed by atoms with van der Waals surface area (Å²) >= 11 is 0. The van der Waals surface area contributed by atoms with Gasteiger partial charge in [-0.25, -0.2) is 9.97 Å². The van der Waals surface area contributed by atoms with E-state index in [1.54, 1.807) is 12.4 Å². The predicted molar refractivity (Wildman–Crippen MR) is 128 cm³/mol. The van der Waals surface area contributed by atoms with Gasteiger partial charge in [-0.2, -0.15) is 0 Å². The van der Waals surface area contributed by atoms with Crippen molar-refractivity contribution in [3.8, 4) is 22.5 Å². The summed E-state index contributed by atoms with van der Waals surface area (Å²) in [5.74, 6) is -0.0717. The highest BCUT2D eigenvalue weighted by Gasteiger charge is 2.37. The zero-order chi connectivity index (χ0) is 22.7. The Balaban J connectivity index is 1.50. The predicted octanol–water partition coefficient (Wildman–Crippen LogP) is 5.64. The molecule has 6 nitrogen and oxygen atoms in total. The number of rotatable bonds is 6. The number of hydrogen-bond acceptors (Lipinski definition) is 5. The Morgan fingerprint density at radius 1 is 0.818 bits per heavy atom. The Morgan fingerprint density at radius 3 is 2.06 bits per heavy atom. The number of benzene rings is 2. The minimum Gasteiger partial charge on any atom is -0.274 e. The molecule has 2 aromatic heterocycles. The first kappa shape index (κ1) is 20.0. The zero-order valence-electron chi connectivity index (χ0n) is 18.8. The van der Waals surface area contributed by atoms with Gasteiger partial charge in [0.05, 0.1) is 23.1 Å². The van der Waals surface area contributed by atoms with Gasteiger partial charge < -0.3 is 0 Å². The molecule has 33 heavy (non-hydrogen) atoms. The van der Waals surface area contributed by atoms with E-state index in [-0.39, 0.29) is 11.8 Å². The number of nitrogens with zero attached hydrogens (tertiary/aromatic N) is 4. The van der Waals surface area contributed by atoms with Gasteiger partial charge in [0.1, 0.15) is 5.52 Å². The maximum Gasteiger partial charge on any atom is 0.261 e. The molecule has 1 atom stereocenters. The third-order valence-electron chi connectivity index (χ3n) is 7.07. The molecule has 1 aliphatic carbocycles. The molecule has 2 aromatic carbocycles. The summed E-state index contributed by atoms with van der Waals surface area (Å²) in [6.07, 6.45) is 7.61. The molecule has 0 saturated heterocycles. The van der Waals surface area contributed by atoms with E-state index in [1.807, 2.05) is 30.3 Å². The number of unbranched alkanes of at least 4 members (excludes halogenated alkanes) is 1. The van der Waals surface area contributed by atoms with E-state index in [4.69, 9.17) is 9.97 Å². The smallest absolute Gasteiger partial charge is 0.261 e. The fourth-order valence-corrected chi connectivity index (χ4v) is 5.25. The van der Waals surface area contributed by atoms with Crippen molar-refractivity contribution in [1.82, 2.24) is 19.9 Å². The molecule has 2 aliphatic rings. The summed E-state index contributed by atoms with van der Waals surface area (Å²) in [4.78, 5) is 42.3. The van der Waals surface area contributed by atoms with Crippen LogP contribution in [0.15, 0.2) is 42.7 Å². The first-order chi connectivity index (χ1) is 16.1. The normalized spacial score (nSPS) is 14.9. The topological polar surface area (TPSA) is 76.1 Å². The van der Waals surface area contributed by atoms with Gasteiger partial charge in [0.25, 0.3) is 11.8 Å². The molecule has 4 aromatic rings. The van der Waals surface area contributed by atoms with Gasteiger partial charge in [-0.15, -0.1) is 0 Å². The standard InChI is InChI=1S/C27H24N4O2/c1-3-5-6-15(4-2)14-31-26(32)18-9-7-16-22-17(8-10-19(23(18)22)27(31)33)25-24(16)29-20-11-12-28-13-21(20)30-25/h7-13,15H,3-6,14H2,1-2H3. The number of pyridine rings is 1. The zero-order valence-corrected chi connectivity index (χ0v) is 18.8. The van der Waals surface area contributed by atoms with Crippen LogP contribution in [0, 0.1) is 5.92 Å². The molecule has 0 radical (unpaired) electrons. The lowest BCUT2D eigenvalue weighted by molar-refractivity contribution is 0.0580. The number of fused-ring (bicyclic) bond motifs is 4. The van der Waals surface area contributed by atoms with E-state index in [1.165, 1.54) is 4.90 Å². The Labute approximate surface area is 191 Å². The van der Waals surface area contributed by atoms with E-state index in [9.17, 15) is 9.59 Å². The van der Waals surface area contributed by atoms with Crippen LogP contribution in [0.1, 0.15) is 60.2 Å². The second kappa shape index (κ2) is 7.44. The van der Waals surface area contributed by atoms with Gasteiger partial charge in [0, 0.05) is 45.8 Å². The second-order valence-electron chi connectivity index (χ2n) is 8.99. The molecule has 1 aliphatic heterocycles. The van der Waals surface area contributed by atoms with Crippen LogP contribution in [-0.2, 0) is 0 Å². The van der Waals surface area contributed by atoms with Crippen LogP contribution in [0.3, 0.4) is 0 Å². The molecule has 0 N–H and O–H groups in total. The van der Waals surface area contributed by atoms with Crippen molar-refractivity contribution >= 4 is 33.6 Å². The monoisotopic (exact) mass is 436 g/mol. The quantitative estimate of drug-likeness (QED) is 0.322. The summed E-state index contributed by atoms with van der Waals surface area (Å²) in [5.41, 5.74) is 6.10. The van der Waals surface area contributed by atoms with Crippen LogP contribution in [-0.4, -0.2) is 38.2 Å². The van der Waals surface area contributed by atoms with Crippen LogP contribution in [0.4, 0.5) is 0 Å². The van der Waals surface area contributed by atoms with Crippen molar-refractivity contribution in [1.29, 1.82) is 0 Å². The fraction of sp³-hybridized carbons (Fsp3) is 0.296. The number of carbonyl (C=O) groups excluding carboxylic acids is 2.